The number of piperazine rings is 1. The van der Waals surface area contributed by atoms with Gasteiger partial charge in [-0.25, -0.2) is 0 Å². The first-order valence-corrected chi connectivity index (χ1v) is 9.82. The number of carbonyl (C=O) groups is 2. The highest BCUT2D eigenvalue weighted by atomic mass is 32.1. The molecule has 1 N–H and O–H groups in total. The second kappa shape index (κ2) is 9.79. The van der Waals surface area contributed by atoms with Gasteiger partial charge < -0.3 is 10.2 Å². The standard InChI is InChI=1S/C18H29N3O2S/c1-3-4-5-7-15(2)19-17(22)14-20-9-11-21(12-10-20)18(23)16-8-6-13-24-16/h6,8,13,15H,3-5,7,9-12,14H2,1-2H3,(H,19,22). The molecular formula is C18H29N3O2S. The number of hydrogen-bond acceptors (Lipinski definition) is 4. The Hall–Kier alpha value is -1.40. The lowest BCUT2D eigenvalue weighted by atomic mass is 10.1. The molecule has 1 saturated heterocycles. The molecule has 0 bridgehead atoms. The molecule has 2 amide bonds. The quantitative estimate of drug-likeness (QED) is 0.733. The molecule has 1 aliphatic rings. The number of amides is 2. The number of unbranched alkanes of at least 4 members (excludes halogenated alkanes) is 2. The Labute approximate surface area is 149 Å². The average Bonchev–Trinajstić information content (AvgIpc) is 3.09. The maximum atomic E-state index is 12.3. The predicted molar refractivity (Wildman–Crippen MR) is 98.4 cm³/mol. The van der Waals surface area contributed by atoms with Crippen LogP contribution in [0.3, 0.4) is 0 Å². The molecule has 1 aromatic heterocycles. The van der Waals surface area contributed by atoms with Crippen molar-refractivity contribution in [3.63, 3.8) is 0 Å². The Morgan fingerprint density at radius 3 is 2.62 bits per heavy atom. The maximum absolute atomic E-state index is 12.3. The van der Waals surface area contributed by atoms with Crippen LogP contribution < -0.4 is 5.32 Å². The zero-order chi connectivity index (χ0) is 17.4. The first-order valence-electron chi connectivity index (χ1n) is 8.94. The van der Waals surface area contributed by atoms with Gasteiger partial charge in [0.1, 0.15) is 0 Å². The fourth-order valence-corrected chi connectivity index (χ4v) is 3.65. The van der Waals surface area contributed by atoms with Crippen LogP contribution in [0, 0.1) is 0 Å². The average molecular weight is 352 g/mol. The van der Waals surface area contributed by atoms with Gasteiger partial charge in [0.15, 0.2) is 0 Å². The van der Waals surface area contributed by atoms with Crippen LogP contribution >= 0.6 is 11.3 Å². The topological polar surface area (TPSA) is 52.7 Å². The molecule has 1 atom stereocenters. The molecule has 1 aliphatic heterocycles. The van der Waals surface area contributed by atoms with Crippen molar-refractivity contribution < 1.29 is 9.59 Å². The second-order valence-corrected chi connectivity index (χ2v) is 7.46. The normalized spacial score (nSPS) is 16.8. The van der Waals surface area contributed by atoms with E-state index in [2.05, 4.69) is 24.1 Å². The number of carbonyl (C=O) groups excluding carboxylic acids is 2. The number of rotatable bonds is 8. The molecule has 24 heavy (non-hydrogen) atoms. The summed E-state index contributed by atoms with van der Waals surface area (Å²) in [6.07, 6.45) is 4.64. The van der Waals surface area contributed by atoms with Crippen LogP contribution in [0.2, 0.25) is 0 Å². The minimum Gasteiger partial charge on any atom is -0.353 e. The molecule has 0 aromatic carbocycles. The number of nitrogens with one attached hydrogen (secondary N) is 1. The first kappa shape index (κ1) is 18.9. The fourth-order valence-electron chi connectivity index (χ4n) is 2.96. The third-order valence-corrected chi connectivity index (χ3v) is 5.26. The Bertz CT molecular complexity index is 510. The molecule has 6 heteroatoms. The molecular weight excluding hydrogens is 322 g/mol. The predicted octanol–water partition coefficient (Wildman–Crippen LogP) is 2.59. The monoisotopic (exact) mass is 351 g/mol. The van der Waals surface area contributed by atoms with Crippen LogP contribution in [-0.4, -0.2) is 60.4 Å². The van der Waals surface area contributed by atoms with Gasteiger partial charge in [-0.1, -0.05) is 32.3 Å². The molecule has 1 unspecified atom stereocenters. The van der Waals surface area contributed by atoms with Crippen molar-refractivity contribution in [2.75, 3.05) is 32.7 Å². The van der Waals surface area contributed by atoms with Gasteiger partial charge in [0.25, 0.3) is 5.91 Å². The summed E-state index contributed by atoms with van der Waals surface area (Å²) in [5.41, 5.74) is 0. The summed E-state index contributed by atoms with van der Waals surface area (Å²) in [6.45, 7) is 7.59. The summed E-state index contributed by atoms with van der Waals surface area (Å²) in [6, 6.07) is 4.01. The highest BCUT2D eigenvalue weighted by molar-refractivity contribution is 7.12. The molecule has 2 rings (SSSR count). The van der Waals surface area contributed by atoms with Crippen molar-refractivity contribution in [2.24, 2.45) is 0 Å². The summed E-state index contributed by atoms with van der Waals surface area (Å²) in [5, 5.41) is 5.01. The van der Waals surface area contributed by atoms with Crippen molar-refractivity contribution in [1.82, 2.24) is 15.1 Å². The van der Waals surface area contributed by atoms with Gasteiger partial charge in [0.2, 0.25) is 5.91 Å². The van der Waals surface area contributed by atoms with Gasteiger partial charge >= 0.3 is 0 Å². The highest BCUT2D eigenvalue weighted by Crippen LogP contribution is 2.13. The summed E-state index contributed by atoms with van der Waals surface area (Å²) < 4.78 is 0. The Morgan fingerprint density at radius 1 is 1.25 bits per heavy atom. The molecule has 0 saturated carbocycles. The van der Waals surface area contributed by atoms with Gasteiger partial charge in [0, 0.05) is 32.2 Å². The summed E-state index contributed by atoms with van der Waals surface area (Å²) in [4.78, 5) is 29.2. The van der Waals surface area contributed by atoms with Crippen LogP contribution in [0.25, 0.3) is 0 Å². The number of thiophene rings is 1. The van der Waals surface area contributed by atoms with Crippen LogP contribution in [0.1, 0.15) is 49.2 Å². The summed E-state index contributed by atoms with van der Waals surface area (Å²) in [5.74, 6) is 0.204. The molecule has 0 radical (unpaired) electrons. The zero-order valence-electron chi connectivity index (χ0n) is 14.8. The third-order valence-electron chi connectivity index (χ3n) is 4.41. The maximum Gasteiger partial charge on any atom is 0.264 e. The van der Waals surface area contributed by atoms with E-state index in [-0.39, 0.29) is 17.9 Å². The lowest BCUT2D eigenvalue weighted by molar-refractivity contribution is -0.123. The molecule has 134 valence electrons. The van der Waals surface area contributed by atoms with Gasteiger partial charge in [-0.05, 0) is 24.8 Å². The van der Waals surface area contributed by atoms with Gasteiger partial charge in [-0.3, -0.25) is 14.5 Å². The van der Waals surface area contributed by atoms with Gasteiger partial charge in [0.05, 0.1) is 11.4 Å². The molecule has 0 aliphatic carbocycles. The molecule has 2 heterocycles. The van der Waals surface area contributed by atoms with Crippen molar-refractivity contribution in [2.45, 2.75) is 45.6 Å². The number of hydrogen-bond donors (Lipinski definition) is 1. The molecule has 1 aromatic rings. The van der Waals surface area contributed by atoms with E-state index in [1.807, 2.05) is 22.4 Å². The van der Waals surface area contributed by atoms with Crippen LogP contribution in [0.5, 0.6) is 0 Å². The van der Waals surface area contributed by atoms with E-state index in [0.717, 1.165) is 24.4 Å². The Kier molecular flexibility index (Phi) is 7.72. The lowest BCUT2D eigenvalue weighted by Crippen LogP contribution is -2.51. The SMILES string of the molecule is CCCCCC(C)NC(=O)CN1CCN(C(=O)c2cccs2)CC1. The van der Waals surface area contributed by atoms with E-state index < -0.39 is 0 Å². The highest BCUT2D eigenvalue weighted by Gasteiger charge is 2.23. The van der Waals surface area contributed by atoms with Crippen molar-refractivity contribution >= 4 is 23.2 Å². The second-order valence-electron chi connectivity index (χ2n) is 6.51. The fraction of sp³-hybridized carbons (Fsp3) is 0.667. The molecule has 0 spiro atoms. The van der Waals surface area contributed by atoms with E-state index in [0.29, 0.717) is 19.6 Å². The van der Waals surface area contributed by atoms with Crippen LogP contribution in [0.15, 0.2) is 17.5 Å². The molecule has 1 fully saturated rings. The minimum atomic E-state index is 0.0945. The Balaban J connectivity index is 1.67. The van der Waals surface area contributed by atoms with Crippen LogP contribution in [-0.2, 0) is 4.79 Å². The number of nitrogens with zero attached hydrogens (tertiary/aromatic N) is 2. The van der Waals surface area contributed by atoms with Gasteiger partial charge in [-0.2, -0.15) is 0 Å². The summed E-state index contributed by atoms with van der Waals surface area (Å²) >= 11 is 1.48. The van der Waals surface area contributed by atoms with E-state index >= 15 is 0 Å². The smallest absolute Gasteiger partial charge is 0.264 e. The summed E-state index contributed by atoms with van der Waals surface area (Å²) in [7, 11) is 0. The van der Waals surface area contributed by atoms with E-state index in [4.69, 9.17) is 0 Å². The lowest BCUT2D eigenvalue weighted by Gasteiger charge is -2.34. The first-order chi connectivity index (χ1) is 11.6. The van der Waals surface area contributed by atoms with Crippen molar-refractivity contribution in [1.29, 1.82) is 0 Å². The van der Waals surface area contributed by atoms with E-state index in [9.17, 15) is 9.59 Å². The largest absolute Gasteiger partial charge is 0.353 e. The van der Waals surface area contributed by atoms with Gasteiger partial charge in [-0.15, -0.1) is 11.3 Å². The third kappa shape index (κ3) is 5.91. The van der Waals surface area contributed by atoms with E-state index in [1.54, 1.807) is 0 Å². The van der Waals surface area contributed by atoms with Crippen molar-refractivity contribution in [3.05, 3.63) is 22.4 Å². The Morgan fingerprint density at radius 2 is 2.00 bits per heavy atom. The van der Waals surface area contributed by atoms with Crippen LogP contribution in [0.4, 0.5) is 0 Å². The van der Waals surface area contributed by atoms with E-state index in [1.165, 1.54) is 30.6 Å². The zero-order valence-corrected chi connectivity index (χ0v) is 15.6. The molecule has 5 nitrogen and oxygen atoms in total. The van der Waals surface area contributed by atoms with Crippen molar-refractivity contribution in [3.8, 4) is 0 Å². The minimum absolute atomic E-state index is 0.0945.